The SMILES string of the molecule is O=C(Nc1cccc(C(F)(F)F)c1)c1cc(Cl)cn(Cc2cccc(Cl)c2)c1=O. The molecular weight excluding hydrogens is 428 g/mol. The number of nitrogens with zero attached hydrogens (tertiary/aromatic N) is 1. The van der Waals surface area contributed by atoms with Gasteiger partial charge in [0.15, 0.2) is 0 Å². The van der Waals surface area contributed by atoms with Gasteiger partial charge in [0.2, 0.25) is 0 Å². The molecule has 150 valence electrons. The Morgan fingerprint density at radius 3 is 2.41 bits per heavy atom. The van der Waals surface area contributed by atoms with Gasteiger partial charge in [0.25, 0.3) is 11.5 Å². The normalized spacial score (nSPS) is 11.3. The number of benzene rings is 2. The molecule has 2 aromatic carbocycles. The van der Waals surface area contributed by atoms with E-state index in [1.807, 2.05) is 0 Å². The number of alkyl halides is 3. The molecular formula is C20H13Cl2F3N2O2. The Labute approximate surface area is 173 Å². The van der Waals surface area contributed by atoms with E-state index in [9.17, 15) is 22.8 Å². The maximum atomic E-state index is 12.8. The van der Waals surface area contributed by atoms with Crippen LogP contribution in [0.3, 0.4) is 0 Å². The average Bonchev–Trinajstić information content (AvgIpc) is 2.64. The lowest BCUT2D eigenvalue weighted by Crippen LogP contribution is -2.29. The van der Waals surface area contributed by atoms with Crippen molar-refractivity contribution in [3.63, 3.8) is 0 Å². The molecule has 0 bridgehead atoms. The van der Waals surface area contributed by atoms with Gasteiger partial charge in [-0.15, -0.1) is 0 Å². The van der Waals surface area contributed by atoms with E-state index in [2.05, 4.69) is 5.32 Å². The highest BCUT2D eigenvalue weighted by molar-refractivity contribution is 6.31. The van der Waals surface area contributed by atoms with Crippen molar-refractivity contribution in [2.75, 3.05) is 5.32 Å². The van der Waals surface area contributed by atoms with E-state index in [1.54, 1.807) is 24.3 Å². The van der Waals surface area contributed by atoms with E-state index in [4.69, 9.17) is 23.2 Å². The molecule has 1 amide bonds. The third-order valence-electron chi connectivity index (χ3n) is 3.99. The smallest absolute Gasteiger partial charge is 0.322 e. The maximum absolute atomic E-state index is 12.8. The predicted molar refractivity (Wildman–Crippen MR) is 106 cm³/mol. The molecule has 9 heteroatoms. The van der Waals surface area contributed by atoms with Crippen LogP contribution in [-0.2, 0) is 12.7 Å². The first kappa shape index (κ1) is 21.0. The molecule has 0 aliphatic heterocycles. The van der Waals surface area contributed by atoms with Crippen LogP contribution in [0.15, 0.2) is 65.6 Å². The second-order valence-corrected chi connectivity index (χ2v) is 7.04. The molecule has 0 saturated carbocycles. The van der Waals surface area contributed by atoms with Gasteiger partial charge in [-0.1, -0.05) is 41.4 Å². The minimum Gasteiger partial charge on any atom is -0.322 e. The molecule has 0 fully saturated rings. The van der Waals surface area contributed by atoms with Gasteiger partial charge in [0.1, 0.15) is 5.56 Å². The Morgan fingerprint density at radius 2 is 1.72 bits per heavy atom. The molecule has 1 heterocycles. The number of aromatic nitrogens is 1. The van der Waals surface area contributed by atoms with Crippen LogP contribution in [0.4, 0.5) is 18.9 Å². The number of pyridine rings is 1. The third-order valence-corrected chi connectivity index (χ3v) is 4.43. The molecule has 0 aliphatic rings. The maximum Gasteiger partial charge on any atom is 0.416 e. The molecule has 1 aromatic heterocycles. The molecule has 0 saturated heterocycles. The summed E-state index contributed by atoms with van der Waals surface area (Å²) in [5, 5.41) is 2.92. The number of hydrogen-bond donors (Lipinski definition) is 1. The summed E-state index contributed by atoms with van der Waals surface area (Å²) in [6.45, 7) is 0.115. The molecule has 29 heavy (non-hydrogen) atoms. The number of rotatable bonds is 4. The Balaban J connectivity index is 1.90. The zero-order valence-electron chi connectivity index (χ0n) is 14.6. The number of amides is 1. The summed E-state index contributed by atoms with van der Waals surface area (Å²) in [7, 11) is 0. The van der Waals surface area contributed by atoms with Gasteiger partial charge in [0.05, 0.1) is 17.1 Å². The van der Waals surface area contributed by atoms with Crippen molar-refractivity contribution in [1.29, 1.82) is 0 Å². The average molecular weight is 441 g/mol. The highest BCUT2D eigenvalue weighted by Crippen LogP contribution is 2.30. The highest BCUT2D eigenvalue weighted by atomic mass is 35.5. The first-order valence-electron chi connectivity index (χ1n) is 8.26. The minimum absolute atomic E-state index is 0.0920. The molecule has 0 radical (unpaired) electrons. The fraction of sp³-hybridized carbons (Fsp3) is 0.100. The lowest BCUT2D eigenvalue weighted by Gasteiger charge is -2.12. The van der Waals surface area contributed by atoms with Crippen LogP contribution in [-0.4, -0.2) is 10.5 Å². The van der Waals surface area contributed by atoms with Crippen LogP contribution in [0.2, 0.25) is 10.0 Å². The third kappa shape index (κ3) is 5.19. The van der Waals surface area contributed by atoms with Crippen LogP contribution in [0.25, 0.3) is 0 Å². The monoisotopic (exact) mass is 440 g/mol. The van der Waals surface area contributed by atoms with Crippen molar-refractivity contribution in [3.8, 4) is 0 Å². The summed E-state index contributed by atoms with van der Waals surface area (Å²) in [6.07, 6.45) is -3.19. The van der Waals surface area contributed by atoms with E-state index < -0.39 is 23.2 Å². The van der Waals surface area contributed by atoms with Gasteiger partial charge in [0, 0.05) is 16.9 Å². The summed E-state index contributed by atoms with van der Waals surface area (Å²) in [6, 6.07) is 12.1. The van der Waals surface area contributed by atoms with E-state index in [-0.39, 0.29) is 22.8 Å². The standard InChI is InChI=1S/C20H13Cl2F3N2O2/c21-14-5-1-3-12(7-14)10-27-11-15(22)9-17(19(27)29)18(28)26-16-6-2-4-13(8-16)20(23,24)25/h1-9,11H,10H2,(H,26,28). The molecule has 0 spiro atoms. The molecule has 0 unspecified atom stereocenters. The Bertz CT molecular complexity index is 1130. The van der Waals surface area contributed by atoms with Gasteiger partial charge in [-0.25, -0.2) is 0 Å². The first-order chi connectivity index (χ1) is 13.6. The number of carbonyl (C=O) groups excluding carboxylic acids is 1. The predicted octanol–water partition coefficient (Wildman–Crippen LogP) is 5.47. The van der Waals surface area contributed by atoms with Gasteiger partial charge >= 0.3 is 6.18 Å². The minimum atomic E-state index is -4.56. The van der Waals surface area contributed by atoms with E-state index >= 15 is 0 Å². The first-order valence-corrected chi connectivity index (χ1v) is 9.02. The van der Waals surface area contributed by atoms with Crippen molar-refractivity contribution in [2.24, 2.45) is 0 Å². The lowest BCUT2D eigenvalue weighted by molar-refractivity contribution is -0.137. The van der Waals surface area contributed by atoms with Gasteiger partial charge < -0.3 is 9.88 Å². The van der Waals surface area contributed by atoms with E-state index in [0.29, 0.717) is 10.6 Å². The van der Waals surface area contributed by atoms with Crippen molar-refractivity contribution in [3.05, 3.63) is 97.9 Å². The van der Waals surface area contributed by atoms with Gasteiger partial charge in [-0.05, 0) is 42.0 Å². The number of carbonyl (C=O) groups is 1. The largest absolute Gasteiger partial charge is 0.416 e. The van der Waals surface area contributed by atoms with E-state index in [0.717, 1.165) is 18.2 Å². The molecule has 1 N–H and O–H groups in total. The summed E-state index contributed by atoms with van der Waals surface area (Å²) in [5.74, 6) is -0.864. The van der Waals surface area contributed by atoms with Crippen LogP contribution < -0.4 is 10.9 Å². The zero-order valence-corrected chi connectivity index (χ0v) is 16.1. The van der Waals surface area contributed by atoms with Gasteiger partial charge in [-0.3, -0.25) is 9.59 Å². The lowest BCUT2D eigenvalue weighted by atomic mass is 10.1. The summed E-state index contributed by atoms with van der Waals surface area (Å²) in [5.41, 5.74) is -1.23. The Morgan fingerprint density at radius 1 is 1.00 bits per heavy atom. The number of halogens is 5. The number of nitrogens with one attached hydrogen (secondary N) is 1. The second-order valence-electron chi connectivity index (χ2n) is 6.17. The van der Waals surface area contributed by atoms with Crippen LogP contribution in [0, 0.1) is 0 Å². The highest BCUT2D eigenvalue weighted by Gasteiger charge is 2.30. The second kappa shape index (κ2) is 8.31. The fourth-order valence-corrected chi connectivity index (χ4v) is 3.12. The van der Waals surface area contributed by atoms with Crippen molar-refractivity contribution >= 4 is 34.8 Å². The molecule has 4 nitrogen and oxygen atoms in total. The zero-order chi connectivity index (χ0) is 21.2. The number of hydrogen-bond acceptors (Lipinski definition) is 2. The van der Waals surface area contributed by atoms with Crippen molar-refractivity contribution in [1.82, 2.24) is 4.57 Å². The van der Waals surface area contributed by atoms with Crippen molar-refractivity contribution < 1.29 is 18.0 Å². The van der Waals surface area contributed by atoms with Crippen LogP contribution >= 0.6 is 23.2 Å². The summed E-state index contributed by atoms with van der Waals surface area (Å²) < 4.78 is 39.8. The Hall–Kier alpha value is -2.77. The van der Waals surface area contributed by atoms with Gasteiger partial charge in [-0.2, -0.15) is 13.2 Å². The van der Waals surface area contributed by atoms with E-state index in [1.165, 1.54) is 22.9 Å². The fourth-order valence-electron chi connectivity index (χ4n) is 2.68. The topological polar surface area (TPSA) is 51.1 Å². The van der Waals surface area contributed by atoms with Crippen molar-refractivity contribution in [2.45, 2.75) is 12.7 Å². The molecule has 0 aliphatic carbocycles. The van der Waals surface area contributed by atoms with Crippen LogP contribution in [0.5, 0.6) is 0 Å². The number of anilines is 1. The molecule has 0 atom stereocenters. The molecule has 3 aromatic rings. The summed E-state index contributed by atoms with van der Waals surface area (Å²) in [4.78, 5) is 25.2. The summed E-state index contributed by atoms with van der Waals surface area (Å²) >= 11 is 12.0. The molecule has 3 rings (SSSR count). The Kier molecular flexibility index (Phi) is 6.00. The quantitative estimate of drug-likeness (QED) is 0.584. The van der Waals surface area contributed by atoms with Crippen LogP contribution in [0.1, 0.15) is 21.5 Å².